The summed E-state index contributed by atoms with van der Waals surface area (Å²) in [7, 11) is 3.57. The van der Waals surface area contributed by atoms with Gasteiger partial charge in [-0.1, -0.05) is 11.6 Å². The molecule has 0 atom stereocenters. The number of halogens is 1. The van der Waals surface area contributed by atoms with Crippen LogP contribution < -0.4 is 4.90 Å². The summed E-state index contributed by atoms with van der Waals surface area (Å²) in [5.74, 6) is 0.513. The maximum Gasteiger partial charge on any atom is 0.315 e. The van der Waals surface area contributed by atoms with Crippen molar-refractivity contribution >= 4 is 17.4 Å². The molecule has 11 heavy (non-hydrogen) atoms. The second-order valence-electron chi connectivity index (χ2n) is 2.24. The van der Waals surface area contributed by atoms with Crippen molar-refractivity contribution in [2.45, 2.75) is 0 Å². The Bertz CT molecular complexity index is 264. The van der Waals surface area contributed by atoms with E-state index in [1.54, 1.807) is 19.0 Å². The summed E-state index contributed by atoms with van der Waals surface area (Å²) in [5.41, 5.74) is 0. The molecular weight excluding hydrogens is 166 g/mol. The van der Waals surface area contributed by atoms with Crippen molar-refractivity contribution in [2.75, 3.05) is 19.0 Å². The third kappa shape index (κ3) is 1.71. The maximum absolute atomic E-state index is 8.88. The molecule has 1 N–H and O–H groups in total. The third-order valence-electron chi connectivity index (χ3n) is 1.14. The summed E-state index contributed by atoms with van der Waals surface area (Å²) in [5, 5.41) is 9.30. The SMILES string of the molecule is CN(C)c1nc(O)ncc1Cl. The Morgan fingerprint density at radius 3 is 2.64 bits per heavy atom. The second kappa shape index (κ2) is 2.92. The molecule has 0 unspecified atom stereocenters. The molecule has 1 aromatic rings. The summed E-state index contributed by atoms with van der Waals surface area (Å²) in [6.45, 7) is 0. The lowest BCUT2D eigenvalue weighted by atomic mass is 10.5. The minimum atomic E-state index is -0.266. The number of anilines is 1. The normalized spacial score (nSPS) is 9.73. The molecule has 0 aromatic carbocycles. The van der Waals surface area contributed by atoms with Gasteiger partial charge in [0.25, 0.3) is 0 Å². The van der Waals surface area contributed by atoms with Gasteiger partial charge in [-0.3, -0.25) is 0 Å². The first-order valence-corrected chi connectivity index (χ1v) is 3.38. The molecule has 0 amide bonds. The van der Waals surface area contributed by atoms with Crippen molar-refractivity contribution in [1.29, 1.82) is 0 Å². The van der Waals surface area contributed by atoms with Crippen LogP contribution in [0.3, 0.4) is 0 Å². The first kappa shape index (κ1) is 8.07. The number of hydrogen-bond donors (Lipinski definition) is 1. The number of rotatable bonds is 1. The van der Waals surface area contributed by atoms with E-state index in [2.05, 4.69) is 9.97 Å². The average molecular weight is 174 g/mol. The molecule has 0 bridgehead atoms. The fourth-order valence-corrected chi connectivity index (χ4v) is 0.923. The van der Waals surface area contributed by atoms with E-state index in [-0.39, 0.29) is 6.01 Å². The van der Waals surface area contributed by atoms with Crippen molar-refractivity contribution in [3.63, 3.8) is 0 Å². The van der Waals surface area contributed by atoms with Gasteiger partial charge in [-0.15, -0.1) is 0 Å². The van der Waals surface area contributed by atoms with Crippen molar-refractivity contribution in [3.8, 4) is 6.01 Å². The van der Waals surface area contributed by atoms with E-state index in [0.29, 0.717) is 10.8 Å². The Kier molecular flexibility index (Phi) is 2.14. The summed E-state index contributed by atoms with van der Waals surface area (Å²) < 4.78 is 0. The second-order valence-corrected chi connectivity index (χ2v) is 2.64. The van der Waals surface area contributed by atoms with Gasteiger partial charge in [0, 0.05) is 14.1 Å². The summed E-state index contributed by atoms with van der Waals surface area (Å²) in [4.78, 5) is 8.92. The highest BCUT2D eigenvalue weighted by molar-refractivity contribution is 6.32. The van der Waals surface area contributed by atoms with Gasteiger partial charge in [0.15, 0.2) is 5.82 Å². The number of hydrogen-bond acceptors (Lipinski definition) is 4. The van der Waals surface area contributed by atoms with Crippen LogP contribution in [-0.4, -0.2) is 29.2 Å². The lowest BCUT2D eigenvalue weighted by Gasteiger charge is -2.11. The van der Waals surface area contributed by atoms with E-state index in [4.69, 9.17) is 16.7 Å². The molecule has 0 aliphatic heterocycles. The van der Waals surface area contributed by atoms with Crippen LogP contribution in [-0.2, 0) is 0 Å². The molecule has 0 spiro atoms. The summed E-state index contributed by atoms with van der Waals surface area (Å²) in [6, 6.07) is -0.266. The number of nitrogens with zero attached hydrogens (tertiary/aromatic N) is 3. The Labute approximate surface area is 69.5 Å². The van der Waals surface area contributed by atoms with E-state index in [1.807, 2.05) is 0 Å². The molecular formula is C6H8ClN3O. The van der Waals surface area contributed by atoms with Crippen LogP contribution in [0.4, 0.5) is 5.82 Å². The zero-order valence-corrected chi connectivity index (χ0v) is 7.00. The highest BCUT2D eigenvalue weighted by Crippen LogP contribution is 2.21. The number of aromatic hydroxyl groups is 1. The zero-order chi connectivity index (χ0) is 8.43. The summed E-state index contributed by atoms with van der Waals surface area (Å²) >= 11 is 5.71. The lowest BCUT2D eigenvalue weighted by Crippen LogP contribution is -2.11. The number of aromatic nitrogens is 2. The fraction of sp³-hybridized carbons (Fsp3) is 0.333. The largest absolute Gasteiger partial charge is 0.479 e. The average Bonchev–Trinajstić information content (AvgIpc) is 1.94. The van der Waals surface area contributed by atoms with Crippen LogP contribution >= 0.6 is 11.6 Å². The minimum absolute atomic E-state index is 0.266. The predicted octanol–water partition coefficient (Wildman–Crippen LogP) is 0.902. The van der Waals surface area contributed by atoms with Gasteiger partial charge in [-0.05, 0) is 0 Å². The molecule has 0 fully saturated rings. The van der Waals surface area contributed by atoms with Gasteiger partial charge >= 0.3 is 6.01 Å². The van der Waals surface area contributed by atoms with E-state index >= 15 is 0 Å². The fourth-order valence-electron chi connectivity index (χ4n) is 0.663. The van der Waals surface area contributed by atoms with E-state index < -0.39 is 0 Å². The lowest BCUT2D eigenvalue weighted by molar-refractivity contribution is 0.430. The molecule has 0 radical (unpaired) electrons. The van der Waals surface area contributed by atoms with E-state index in [1.165, 1.54) is 6.20 Å². The van der Waals surface area contributed by atoms with Crippen molar-refractivity contribution < 1.29 is 5.11 Å². The first-order chi connectivity index (χ1) is 5.11. The zero-order valence-electron chi connectivity index (χ0n) is 6.24. The molecule has 0 aliphatic carbocycles. The van der Waals surface area contributed by atoms with Crippen LogP contribution in [0.5, 0.6) is 6.01 Å². The Balaban J connectivity index is 3.13. The van der Waals surface area contributed by atoms with Crippen LogP contribution in [0.2, 0.25) is 5.02 Å². The van der Waals surface area contributed by atoms with Crippen molar-refractivity contribution in [2.24, 2.45) is 0 Å². The molecule has 5 heteroatoms. The van der Waals surface area contributed by atoms with Gasteiger partial charge in [0.1, 0.15) is 5.02 Å². The van der Waals surface area contributed by atoms with Crippen LogP contribution in [0.25, 0.3) is 0 Å². The van der Waals surface area contributed by atoms with Crippen molar-refractivity contribution in [1.82, 2.24) is 9.97 Å². The van der Waals surface area contributed by atoms with Gasteiger partial charge in [0.05, 0.1) is 6.20 Å². The molecule has 1 aromatic heterocycles. The van der Waals surface area contributed by atoms with Crippen LogP contribution in [0.15, 0.2) is 6.20 Å². The van der Waals surface area contributed by atoms with Crippen LogP contribution in [0.1, 0.15) is 0 Å². The predicted molar refractivity (Wildman–Crippen MR) is 43.0 cm³/mol. The quantitative estimate of drug-likeness (QED) is 0.686. The molecule has 1 heterocycles. The topological polar surface area (TPSA) is 49.2 Å². The van der Waals surface area contributed by atoms with E-state index in [9.17, 15) is 0 Å². The Morgan fingerprint density at radius 2 is 2.18 bits per heavy atom. The highest BCUT2D eigenvalue weighted by atomic mass is 35.5. The third-order valence-corrected chi connectivity index (χ3v) is 1.40. The Morgan fingerprint density at radius 1 is 1.55 bits per heavy atom. The smallest absolute Gasteiger partial charge is 0.315 e. The monoisotopic (exact) mass is 173 g/mol. The van der Waals surface area contributed by atoms with E-state index in [0.717, 1.165) is 0 Å². The standard InChI is InChI=1S/C6H8ClN3O/c1-10(2)5-4(7)3-8-6(11)9-5/h3H,1-2H3,(H,8,9,11). The van der Waals surface area contributed by atoms with Crippen molar-refractivity contribution in [3.05, 3.63) is 11.2 Å². The van der Waals surface area contributed by atoms with Gasteiger partial charge in [-0.2, -0.15) is 4.98 Å². The first-order valence-electron chi connectivity index (χ1n) is 3.00. The molecule has 60 valence electrons. The molecule has 0 saturated carbocycles. The highest BCUT2D eigenvalue weighted by Gasteiger charge is 2.05. The maximum atomic E-state index is 8.88. The molecule has 1 rings (SSSR count). The molecule has 0 aliphatic rings. The molecule has 4 nitrogen and oxygen atoms in total. The van der Waals surface area contributed by atoms with Crippen LogP contribution in [0, 0.1) is 0 Å². The van der Waals surface area contributed by atoms with Gasteiger partial charge in [0.2, 0.25) is 0 Å². The van der Waals surface area contributed by atoms with Gasteiger partial charge < -0.3 is 10.0 Å². The summed E-state index contributed by atoms with van der Waals surface area (Å²) in [6.07, 6.45) is 1.36. The minimum Gasteiger partial charge on any atom is -0.479 e. The Hall–Kier alpha value is -1.03. The molecule has 0 saturated heterocycles. The van der Waals surface area contributed by atoms with Gasteiger partial charge in [-0.25, -0.2) is 4.98 Å².